The second kappa shape index (κ2) is 6.46. The molecule has 1 amide bonds. The predicted molar refractivity (Wildman–Crippen MR) is 84.4 cm³/mol. The quantitative estimate of drug-likeness (QED) is 0.491. The standard InChI is InChI=1S/C13H16ClF3NO2PS/c14-22(20,21)11-3-1-9(2-4-11)10-5-7-18(8-6-10)12(19)13(15,16)17/h1-4,10,22H,5-8,21H2. The Kier molecular flexibility index (Phi) is 5.20. The number of piperidine rings is 1. The van der Waals surface area contributed by atoms with E-state index in [-0.39, 0.29) is 19.0 Å². The summed E-state index contributed by atoms with van der Waals surface area (Å²) < 4.78 is 48.8. The summed E-state index contributed by atoms with van der Waals surface area (Å²) in [6, 6.07) is 6.92. The molecule has 1 aliphatic heterocycles. The molecular formula is C13H16ClF3NO2PS. The van der Waals surface area contributed by atoms with E-state index in [0.717, 1.165) is 10.5 Å². The van der Waals surface area contributed by atoms with Crippen molar-refractivity contribution in [1.82, 2.24) is 4.90 Å². The van der Waals surface area contributed by atoms with Crippen LogP contribution in [0.2, 0.25) is 0 Å². The molecule has 1 heterocycles. The Balaban J connectivity index is 2.00. The van der Waals surface area contributed by atoms with Crippen LogP contribution in [0.1, 0.15) is 24.3 Å². The molecule has 0 bridgehead atoms. The smallest absolute Gasteiger partial charge is 0.335 e. The first-order valence-corrected chi connectivity index (χ1v) is 10.9. The van der Waals surface area contributed by atoms with Gasteiger partial charge in [0.05, 0.1) is 0 Å². The number of carbonyl (C=O) groups excluding carboxylic acids is 1. The molecule has 0 N–H and O–H groups in total. The lowest BCUT2D eigenvalue weighted by Gasteiger charge is -2.32. The van der Waals surface area contributed by atoms with Crippen LogP contribution in [0.15, 0.2) is 29.2 Å². The highest BCUT2D eigenvalue weighted by atomic mass is 35.7. The fourth-order valence-electron chi connectivity index (χ4n) is 2.54. The molecule has 0 radical (unpaired) electrons. The Hall–Kier alpha value is -0.650. The number of alkyl halides is 3. The van der Waals surface area contributed by atoms with E-state index >= 15 is 0 Å². The molecule has 3 nitrogen and oxygen atoms in total. The van der Waals surface area contributed by atoms with Gasteiger partial charge in [-0.3, -0.25) is 9.00 Å². The van der Waals surface area contributed by atoms with Crippen LogP contribution in [0.3, 0.4) is 0 Å². The molecule has 0 saturated carbocycles. The van der Waals surface area contributed by atoms with Gasteiger partial charge in [-0.2, -0.15) is 13.2 Å². The largest absolute Gasteiger partial charge is 0.471 e. The molecule has 124 valence electrons. The first-order valence-electron chi connectivity index (χ1n) is 6.64. The Morgan fingerprint density at radius 3 is 2.14 bits per heavy atom. The number of amides is 1. The minimum Gasteiger partial charge on any atom is -0.335 e. The van der Waals surface area contributed by atoms with Crippen molar-refractivity contribution in [1.29, 1.82) is 0 Å². The van der Waals surface area contributed by atoms with Crippen LogP contribution in [0.5, 0.6) is 0 Å². The van der Waals surface area contributed by atoms with Crippen molar-refractivity contribution in [3.05, 3.63) is 29.8 Å². The number of rotatable bonds is 2. The Morgan fingerprint density at radius 2 is 1.73 bits per heavy atom. The summed E-state index contributed by atoms with van der Waals surface area (Å²) in [5, 5.41) is 0. The van der Waals surface area contributed by atoms with Crippen molar-refractivity contribution in [2.24, 2.45) is 0 Å². The van der Waals surface area contributed by atoms with Gasteiger partial charge in [0, 0.05) is 18.0 Å². The zero-order valence-corrected chi connectivity index (χ0v) is 14.3. The predicted octanol–water partition coefficient (Wildman–Crippen LogP) is 3.27. The summed E-state index contributed by atoms with van der Waals surface area (Å²) >= 11 is 0. The number of carbonyl (C=O) groups is 1. The SMILES string of the molecule is O=C(N1CCC(c2ccc([SH](=O)(P)Cl)cc2)CC1)C(F)(F)F. The number of halogens is 4. The molecule has 1 aromatic carbocycles. The van der Waals surface area contributed by atoms with Crippen molar-refractivity contribution < 1.29 is 22.2 Å². The molecule has 1 unspecified atom stereocenters. The fourth-order valence-corrected chi connectivity index (χ4v) is 3.96. The molecule has 22 heavy (non-hydrogen) atoms. The van der Waals surface area contributed by atoms with Crippen molar-refractivity contribution in [2.75, 3.05) is 13.1 Å². The van der Waals surface area contributed by atoms with Crippen LogP contribution in [0.25, 0.3) is 0 Å². The van der Waals surface area contributed by atoms with Crippen LogP contribution in [-0.2, 0) is 13.6 Å². The van der Waals surface area contributed by atoms with Gasteiger partial charge in [-0.05, 0) is 64.3 Å². The van der Waals surface area contributed by atoms with E-state index in [2.05, 4.69) is 8.44 Å². The number of nitrogens with zero attached hydrogens (tertiary/aromatic N) is 1. The van der Waals surface area contributed by atoms with Crippen LogP contribution in [-0.4, -0.2) is 34.3 Å². The molecule has 9 heteroatoms. The summed E-state index contributed by atoms with van der Waals surface area (Å²) in [4.78, 5) is 12.5. The highest BCUT2D eigenvalue weighted by Gasteiger charge is 2.43. The number of benzene rings is 1. The summed E-state index contributed by atoms with van der Waals surface area (Å²) in [6.45, 7) is 0.171. The number of hydrogen-bond acceptors (Lipinski definition) is 2. The third kappa shape index (κ3) is 4.21. The van der Waals surface area contributed by atoms with Gasteiger partial charge >= 0.3 is 12.1 Å². The summed E-state index contributed by atoms with van der Waals surface area (Å²) in [5.41, 5.74) is 0.956. The maximum absolute atomic E-state index is 12.4. The van der Waals surface area contributed by atoms with Crippen molar-refractivity contribution in [3.8, 4) is 0 Å². The van der Waals surface area contributed by atoms with Gasteiger partial charge in [0.15, 0.2) is 0 Å². The van der Waals surface area contributed by atoms with E-state index in [0.29, 0.717) is 17.7 Å². The summed E-state index contributed by atoms with van der Waals surface area (Å²) in [7, 11) is 4.96. The molecule has 0 aromatic heterocycles. The van der Waals surface area contributed by atoms with E-state index in [4.69, 9.17) is 10.7 Å². The molecule has 1 aromatic rings. The molecule has 2 rings (SSSR count). The van der Waals surface area contributed by atoms with E-state index in [1.165, 1.54) is 0 Å². The van der Waals surface area contributed by atoms with Gasteiger partial charge < -0.3 is 4.90 Å². The van der Waals surface area contributed by atoms with Gasteiger partial charge in [0.25, 0.3) is 0 Å². The zero-order chi connectivity index (χ0) is 16.5. The normalized spacial score (nSPS) is 18.3. The molecule has 0 aliphatic carbocycles. The fraction of sp³-hybridized carbons (Fsp3) is 0.462. The molecule has 1 atom stereocenters. The number of likely N-dealkylation sites (tertiary alicyclic amines) is 1. The molecule has 1 saturated heterocycles. The Morgan fingerprint density at radius 1 is 1.23 bits per heavy atom. The monoisotopic (exact) mass is 373 g/mol. The maximum atomic E-state index is 12.4. The zero-order valence-electron chi connectivity index (χ0n) is 11.5. The van der Waals surface area contributed by atoms with Gasteiger partial charge in [-0.25, -0.2) is 0 Å². The second-order valence-electron chi connectivity index (χ2n) is 5.23. The third-order valence-electron chi connectivity index (χ3n) is 3.74. The topological polar surface area (TPSA) is 37.4 Å². The number of thiol groups is 1. The second-order valence-corrected chi connectivity index (χ2v) is 11.6. The van der Waals surface area contributed by atoms with Crippen molar-refractivity contribution in [2.45, 2.75) is 29.8 Å². The third-order valence-corrected chi connectivity index (χ3v) is 6.22. The first-order chi connectivity index (χ1) is 10.1. The van der Waals surface area contributed by atoms with E-state index in [9.17, 15) is 22.2 Å². The number of hydrogen-bond donors (Lipinski definition) is 1. The van der Waals surface area contributed by atoms with Crippen molar-refractivity contribution >= 4 is 33.8 Å². The lowest BCUT2D eigenvalue weighted by Crippen LogP contribution is -2.45. The highest BCUT2D eigenvalue weighted by molar-refractivity contribution is 8.58. The summed E-state index contributed by atoms with van der Waals surface area (Å²) in [5.74, 6) is -1.68. The van der Waals surface area contributed by atoms with Crippen LogP contribution in [0, 0.1) is 0 Å². The van der Waals surface area contributed by atoms with Crippen LogP contribution >= 0.6 is 19.1 Å². The van der Waals surface area contributed by atoms with Crippen LogP contribution in [0.4, 0.5) is 13.2 Å². The Bertz CT molecular complexity index is 594. The average Bonchev–Trinajstić information content (AvgIpc) is 2.45. The average molecular weight is 374 g/mol. The molecular weight excluding hydrogens is 358 g/mol. The minimum absolute atomic E-state index is 0.0857. The molecule has 0 spiro atoms. The molecule has 1 fully saturated rings. The molecule has 1 aliphatic rings. The van der Waals surface area contributed by atoms with Gasteiger partial charge in [0.1, 0.15) is 0 Å². The van der Waals surface area contributed by atoms with Gasteiger partial charge in [-0.15, -0.1) is 0 Å². The Labute approximate surface area is 134 Å². The first kappa shape index (κ1) is 17.7. The van der Waals surface area contributed by atoms with Gasteiger partial charge in [0.2, 0.25) is 0 Å². The van der Waals surface area contributed by atoms with Crippen molar-refractivity contribution in [3.63, 3.8) is 0 Å². The highest BCUT2D eigenvalue weighted by Crippen LogP contribution is 2.34. The lowest BCUT2D eigenvalue weighted by atomic mass is 9.89. The minimum atomic E-state index is -4.81. The van der Waals surface area contributed by atoms with Gasteiger partial charge in [-0.1, -0.05) is 12.1 Å². The van der Waals surface area contributed by atoms with E-state index in [1.54, 1.807) is 24.3 Å². The summed E-state index contributed by atoms with van der Waals surface area (Å²) in [6.07, 6.45) is -3.87. The lowest BCUT2D eigenvalue weighted by molar-refractivity contribution is -0.186. The van der Waals surface area contributed by atoms with E-state index < -0.39 is 20.8 Å². The van der Waals surface area contributed by atoms with E-state index in [1.807, 2.05) is 0 Å². The maximum Gasteiger partial charge on any atom is 0.471 e. The van der Waals surface area contributed by atoms with Crippen LogP contribution < -0.4 is 0 Å².